The molecule has 0 aliphatic rings. The molecule has 132 valence electrons. The maximum atomic E-state index is 12.2. The molecule has 0 saturated heterocycles. The zero-order valence-electron chi connectivity index (χ0n) is 14.2. The van der Waals surface area contributed by atoms with Crippen molar-refractivity contribution in [1.82, 2.24) is 4.98 Å². The standard InChI is InChI=1S/C22H15ClN2O2/c23-18-9-2-1-6-15(18)12-13-21(26)24-17-8-5-7-16(14-17)22-25-19-10-3-4-11-20(19)27-22/h1-14H,(H,24,26)/b13-12+. The molecule has 0 unspecified atom stereocenters. The van der Waals surface area contributed by atoms with Crippen LogP contribution in [0, 0.1) is 0 Å². The van der Waals surface area contributed by atoms with Crippen molar-refractivity contribution in [3.63, 3.8) is 0 Å². The van der Waals surface area contributed by atoms with Gasteiger partial charge in [0.2, 0.25) is 11.8 Å². The summed E-state index contributed by atoms with van der Waals surface area (Å²) in [6.07, 6.45) is 3.13. The van der Waals surface area contributed by atoms with Crippen molar-refractivity contribution >= 4 is 40.4 Å². The number of fused-ring (bicyclic) bond motifs is 1. The van der Waals surface area contributed by atoms with Crippen LogP contribution in [0.4, 0.5) is 5.69 Å². The van der Waals surface area contributed by atoms with Gasteiger partial charge in [0.25, 0.3) is 0 Å². The van der Waals surface area contributed by atoms with Crippen LogP contribution in [0.1, 0.15) is 5.56 Å². The van der Waals surface area contributed by atoms with E-state index in [1.54, 1.807) is 12.1 Å². The Morgan fingerprint density at radius 1 is 1.00 bits per heavy atom. The van der Waals surface area contributed by atoms with E-state index in [4.69, 9.17) is 16.0 Å². The van der Waals surface area contributed by atoms with E-state index in [9.17, 15) is 4.79 Å². The fourth-order valence-electron chi connectivity index (χ4n) is 2.69. The van der Waals surface area contributed by atoms with E-state index in [1.807, 2.05) is 66.7 Å². The number of anilines is 1. The van der Waals surface area contributed by atoms with Gasteiger partial charge in [-0.1, -0.05) is 48.0 Å². The Morgan fingerprint density at radius 2 is 1.81 bits per heavy atom. The predicted molar refractivity (Wildman–Crippen MR) is 109 cm³/mol. The predicted octanol–water partition coefficient (Wildman–Crippen LogP) is 5.80. The van der Waals surface area contributed by atoms with Crippen LogP contribution in [0.3, 0.4) is 0 Å². The summed E-state index contributed by atoms with van der Waals surface area (Å²) in [6, 6.07) is 22.3. The van der Waals surface area contributed by atoms with E-state index < -0.39 is 0 Å². The second kappa shape index (κ2) is 7.48. The number of para-hydroxylation sites is 2. The molecular weight excluding hydrogens is 360 g/mol. The van der Waals surface area contributed by atoms with Gasteiger partial charge in [-0.2, -0.15) is 0 Å². The molecule has 0 saturated carbocycles. The minimum Gasteiger partial charge on any atom is -0.436 e. The van der Waals surface area contributed by atoms with Gasteiger partial charge in [-0.05, 0) is 48.0 Å². The SMILES string of the molecule is O=C(/C=C/c1ccccc1Cl)Nc1cccc(-c2nc3ccccc3o2)c1. The van der Waals surface area contributed by atoms with Gasteiger partial charge in [-0.15, -0.1) is 0 Å². The number of carbonyl (C=O) groups excluding carboxylic acids is 1. The fraction of sp³-hybridized carbons (Fsp3) is 0. The summed E-state index contributed by atoms with van der Waals surface area (Å²) >= 11 is 6.09. The second-order valence-electron chi connectivity index (χ2n) is 5.91. The average molecular weight is 375 g/mol. The lowest BCUT2D eigenvalue weighted by molar-refractivity contribution is -0.111. The molecule has 1 heterocycles. The first-order valence-electron chi connectivity index (χ1n) is 8.39. The highest BCUT2D eigenvalue weighted by molar-refractivity contribution is 6.32. The maximum Gasteiger partial charge on any atom is 0.248 e. The quantitative estimate of drug-likeness (QED) is 0.459. The third-order valence-electron chi connectivity index (χ3n) is 3.99. The molecule has 4 nitrogen and oxygen atoms in total. The van der Waals surface area contributed by atoms with Gasteiger partial charge in [0.05, 0.1) is 0 Å². The molecule has 0 aliphatic carbocycles. The lowest BCUT2D eigenvalue weighted by Gasteiger charge is -2.04. The first-order chi connectivity index (χ1) is 13.2. The van der Waals surface area contributed by atoms with Crippen molar-refractivity contribution < 1.29 is 9.21 Å². The number of benzene rings is 3. The van der Waals surface area contributed by atoms with Gasteiger partial charge < -0.3 is 9.73 Å². The Balaban J connectivity index is 1.52. The maximum absolute atomic E-state index is 12.2. The van der Waals surface area contributed by atoms with Crippen molar-refractivity contribution in [2.75, 3.05) is 5.32 Å². The Hall–Kier alpha value is -3.37. The highest BCUT2D eigenvalue weighted by Crippen LogP contribution is 2.26. The van der Waals surface area contributed by atoms with Crippen LogP contribution in [0.15, 0.2) is 83.3 Å². The van der Waals surface area contributed by atoms with E-state index in [0.29, 0.717) is 16.6 Å². The Morgan fingerprint density at radius 3 is 2.67 bits per heavy atom. The van der Waals surface area contributed by atoms with E-state index in [2.05, 4.69) is 10.3 Å². The van der Waals surface area contributed by atoms with Crippen LogP contribution < -0.4 is 5.32 Å². The first kappa shape index (κ1) is 17.1. The number of nitrogens with one attached hydrogen (secondary N) is 1. The fourth-order valence-corrected chi connectivity index (χ4v) is 2.88. The van der Waals surface area contributed by atoms with Crippen LogP contribution >= 0.6 is 11.6 Å². The molecule has 0 fully saturated rings. The molecule has 1 amide bonds. The number of rotatable bonds is 4. The number of aromatic nitrogens is 1. The van der Waals surface area contributed by atoms with Gasteiger partial charge in [-0.25, -0.2) is 4.98 Å². The van der Waals surface area contributed by atoms with Crippen molar-refractivity contribution in [2.24, 2.45) is 0 Å². The molecule has 0 atom stereocenters. The lowest BCUT2D eigenvalue weighted by Crippen LogP contribution is -2.07. The van der Waals surface area contributed by atoms with Gasteiger partial charge in [0.1, 0.15) is 5.52 Å². The van der Waals surface area contributed by atoms with Crippen LogP contribution in [-0.2, 0) is 4.79 Å². The summed E-state index contributed by atoms with van der Waals surface area (Å²) in [6.45, 7) is 0. The van der Waals surface area contributed by atoms with Crippen molar-refractivity contribution in [3.8, 4) is 11.5 Å². The van der Waals surface area contributed by atoms with Crippen LogP contribution in [-0.4, -0.2) is 10.9 Å². The highest BCUT2D eigenvalue weighted by atomic mass is 35.5. The number of amides is 1. The molecular formula is C22H15ClN2O2. The molecule has 0 spiro atoms. The number of oxazole rings is 1. The van der Waals surface area contributed by atoms with Crippen LogP contribution in [0.25, 0.3) is 28.6 Å². The summed E-state index contributed by atoms with van der Waals surface area (Å²) in [5.74, 6) is 0.267. The number of carbonyl (C=O) groups is 1. The summed E-state index contributed by atoms with van der Waals surface area (Å²) < 4.78 is 5.78. The second-order valence-corrected chi connectivity index (χ2v) is 6.32. The Bertz CT molecular complexity index is 1110. The van der Waals surface area contributed by atoms with Crippen molar-refractivity contribution in [1.29, 1.82) is 0 Å². The minimum atomic E-state index is -0.246. The van der Waals surface area contributed by atoms with E-state index in [1.165, 1.54) is 6.08 Å². The summed E-state index contributed by atoms with van der Waals surface area (Å²) in [5.41, 5.74) is 3.76. The molecule has 3 aromatic carbocycles. The topological polar surface area (TPSA) is 55.1 Å². The third-order valence-corrected chi connectivity index (χ3v) is 4.33. The van der Waals surface area contributed by atoms with E-state index in [-0.39, 0.29) is 5.91 Å². The number of hydrogen-bond donors (Lipinski definition) is 1. The molecule has 0 aliphatic heterocycles. The highest BCUT2D eigenvalue weighted by Gasteiger charge is 2.09. The molecule has 4 aromatic rings. The average Bonchev–Trinajstić information content (AvgIpc) is 3.12. The van der Waals surface area contributed by atoms with E-state index >= 15 is 0 Å². The zero-order chi connectivity index (χ0) is 18.6. The molecule has 1 aromatic heterocycles. The smallest absolute Gasteiger partial charge is 0.248 e. The molecule has 4 rings (SSSR count). The molecule has 5 heteroatoms. The summed E-state index contributed by atoms with van der Waals surface area (Å²) in [5, 5.41) is 3.43. The van der Waals surface area contributed by atoms with Gasteiger partial charge in [0, 0.05) is 22.3 Å². The summed E-state index contributed by atoms with van der Waals surface area (Å²) in [4.78, 5) is 16.7. The van der Waals surface area contributed by atoms with Crippen molar-refractivity contribution in [3.05, 3.63) is 89.5 Å². The molecule has 0 bridgehead atoms. The number of halogens is 1. The molecule has 0 radical (unpaired) electrons. The van der Waals surface area contributed by atoms with Gasteiger partial charge in [-0.3, -0.25) is 4.79 Å². The van der Waals surface area contributed by atoms with Crippen LogP contribution in [0.5, 0.6) is 0 Å². The molecule has 1 N–H and O–H groups in total. The summed E-state index contributed by atoms with van der Waals surface area (Å²) in [7, 11) is 0. The first-order valence-corrected chi connectivity index (χ1v) is 8.76. The normalized spacial score (nSPS) is 11.1. The number of hydrogen-bond acceptors (Lipinski definition) is 3. The zero-order valence-corrected chi connectivity index (χ0v) is 15.0. The largest absolute Gasteiger partial charge is 0.436 e. The minimum absolute atomic E-state index is 0.246. The van der Waals surface area contributed by atoms with Crippen LogP contribution in [0.2, 0.25) is 5.02 Å². The van der Waals surface area contributed by atoms with Gasteiger partial charge >= 0.3 is 0 Å². The van der Waals surface area contributed by atoms with Gasteiger partial charge in [0.15, 0.2) is 5.58 Å². The lowest BCUT2D eigenvalue weighted by atomic mass is 10.2. The Labute approximate surface area is 161 Å². The van der Waals surface area contributed by atoms with Crippen molar-refractivity contribution in [2.45, 2.75) is 0 Å². The number of nitrogens with zero attached hydrogens (tertiary/aromatic N) is 1. The Kier molecular flexibility index (Phi) is 4.73. The third kappa shape index (κ3) is 3.91. The van der Waals surface area contributed by atoms with E-state index in [0.717, 1.165) is 22.2 Å². The monoisotopic (exact) mass is 374 g/mol. The molecule has 27 heavy (non-hydrogen) atoms.